The number of aliphatic carboxylic acids is 1. The van der Waals surface area contributed by atoms with Crippen LogP contribution < -0.4 is 5.32 Å². The van der Waals surface area contributed by atoms with Crippen molar-refractivity contribution < 1.29 is 24.2 Å². The van der Waals surface area contributed by atoms with Crippen LogP contribution in [0.25, 0.3) is 11.1 Å². The van der Waals surface area contributed by atoms with Gasteiger partial charge in [0.25, 0.3) is 0 Å². The van der Waals surface area contributed by atoms with Crippen molar-refractivity contribution in [3.8, 4) is 23.5 Å². The standard InChI is InChI=1S/C24H24N2O5/c1-3-8-21(23(29)26(2)14-13-22(27)28)25-24(30)31-15-20-18-11-6-4-9-16(18)17-10-5-7-12-19(17)20/h1,4-7,9-12,20-21H,8,13-15H2,2H3,(H,25,30)(H,27,28). The maximum Gasteiger partial charge on any atom is 0.407 e. The summed E-state index contributed by atoms with van der Waals surface area (Å²) in [4.78, 5) is 36.9. The van der Waals surface area contributed by atoms with Gasteiger partial charge in [-0.1, -0.05) is 48.5 Å². The van der Waals surface area contributed by atoms with Crippen molar-refractivity contribution in [2.75, 3.05) is 20.2 Å². The van der Waals surface area contributed by atoms with E-state index in [-0.39, 0.29) is 31.9 Å². The topological polar surface area (TPSA) is 95.9 Å². The minimum absolute atomic E-state index is 0.0155. The summed E-state index contributed by atoms with van der Waals surface area (Å²) < 4.78 is 5.46. The van der Waals surface area contributed by atoms with Crippen LogP contribution >= 0.6 is 0 Å². The summed E-state index contributed by atoms with van der Waals surface area (Å²) in [6.07, 6.45) is 4.36. The predicted molar refractivity (Wildman–Crippen MR) is 115 cm³/mol. The van der Waals surface area contributed by atoms with Gasteiger partial charge in [0.15, 0.2) is 0 Å². The second-order valence-electron chi connectivity index (χ2n) is 7.33. The van der Waals surface area contributed by atoms with Gasteiger partial charge in [-0.3, -0.25) is 9.59 Å². The second kappa shape index (κ2) is 9.81. The maximum absolute atomic E-state index is 12.5. The molecule has 1 atom stereocenters. The molecule has 2 aromatic carbocycles. The second-order valence-corrected chi connectivity index (χ2v) is 7.33. The van der Waals surface area contributed by atoms with Crippen molar-refractivity contribution in [2.24, 2.45) is 0 Å². The molecule has 0 bridgehead atoms. The highest BCUT2D eigenvalue weighted by molar-refractivity contribution is 5.86. The van der Waals surface area contributed by atoms with E-state index in [0.29, 0.717) is 0 Å². The van der Waals surface area contributed by atoms with Gasteiger partial charge in [-0.25, -0.2) is 4.79 Å². The summed E-state index contributed by atoms with van der Waals surface area (Å²) >= 11 is 0. The number of carboxylic acids is 1. The number of benzene rings is 2. The lowest BCUT2D eigenvalue weighted by Crippen LogP contribution is -2.48. The lowest BCUT2D eigenvalue weighted by molar-refractivity contribution is -0.138. The largest absolute Gasteiger partial charge is 0.481 e. The van der Waals surface area contributed by atoms with E-state index in [1.165, 1.54) is 11.9 Å². The van der Waals surface area contributed by atoms with E-state index < -0.39 is 24.0 Å². The minimum Gasteiger partial charge on any atom is -0.481 e. The fourth-order valence-corrected chi connectivity index (χ4v) is 3.74. The maximum atomic E-state index is 12.5. The van der Waals surface area contributed by atoms with Crippen molar-refractivity contribution in [3.63, 3.8) is 0 Å². The third kappa shape index (κ3) is 5.04. The molecule has 1 aliphatic rings. The van der Waals surface area contributed by atoms with Crippen LogP contribution in [0.15, 0.2) is 48.5 Å². The van der Waals surface area contributed by atoms with Crippen LogP contribution in [0.4, 0.5) is 4.79 Å². The molecule has 31 heavy (non-hydrogen) atoms. The third-order valence-corrected chi connectivity index (χ3v) is 5.29. The van der Waals surface area contributed by atoms with Crippen molar-refractivity contribution in [1.29, 1.82) is 0 Å². The first kappa shape index (κ1) is 21.9. The number of fused-ring (bicyclic) bond motifs is 3. The van der Waals surface area contributed by atoms with Gasteiger partial charge in [0, 0.05) is 25.9 Å². The first-order valence-corrected chi connectivity index (χ1v) is 9.94. The average Bonchev–Trinajstić information content (AvgIpc) is 3.09. The Morgan fingerprint density at radius 2 is 1.71 bits per heavy atom. The Balaban J connectivity index is 1.64. The molecular weight excluding hydrogens is 396 g/mol. The fraction of sp³-hybridized carbons (Fsp3) is 0.292. The summed E-state index contributed by atoms with van der Waals surface area (Å²) in [7, 11) is 1.47. The fourth-order valence-electron chi connectivity index (χ4n) is 3.74. The number of likely N-dealkylation sites (N-methyl/N-ethyl adjacent to an activating group) is 1. The number of carbonyl (C=O) groups is 3. The Labute approximate surface area is 181 Å². The Morgan fingerprint density at radius 3 is 2.26 bits per heavy atom. The number of carbonyl (C=O) groups excluding carboxylic acids is 2. The number of rotatable bonds is 8. The van der Waals surface area contributed by atoms with Crippen molar-refractivity contribution >= 4 is 18.0 Å². The Morgan fingerprint density at radius 1 is 1.13 bits per heavy atom. The molecule has 2 aromatic rings. The van der Waals surface area contributed by atoms with E-state index in [9.17, 15) is 14.4 Å². The number of alkyl carbamates (subject to hydrolysis) is 1. The van der Waals surface area contributed by atoms with Crippen molar-refractivity contribution in [1.82, 2.24) is 10.2 Å². The van der Waals surface area contributed by atoms with Gasteiger partial charge in [0.1, 0.15) is 12.6 Å². The van der Waals surface area contributed by atoms with E-state index in [4.69, 9.17) is 16.3 Å². The molecule has 3 rings (SSSR count). The highest BCUT2D eigenvalue weighted by Crippen LogP contribution is 2.44. The van der Waals surface area contributed by atoms with E-state index in [2.05, 4.69) is 11.2 Å². The normalized spacial score (nSPS) is 12.8. The van der Waals surface area contributed by atoms with Crippen molar-refractivity contribution in [3.05, 3.63) is 59.7 Å². The van der Waals surface area contributed by atoms with E-state index in [1.54, 1.807) is 0 Å². The molecule has 0 aliphatic heterocycles. The zero-order valence-corrected chi connectivity index (χ0v) is 17.2. The number of hydrogen-bond acceptors (Lipinski definition) is 4. The Hall–Kier alpha value is -3.79. The van der Waals surface area contributed by atoms with Crippen molar-refractivity contribution in [2.45, 2.75) is 24.8 Å². The van der Waals surface area contributed by atoms with Gasteiger partial charge in [-0.2, -0.15) is 0 Å². The lowest BCUT2D eigenvalue weighted by Gasteiger charge is -2.23. The molecule has 1 aliphatic carbocycles. The number of nitrogens with one attached hydrogen (secondary N) is 1. The zero-order valence-electron chi connectivity index (χ0n) is 17.2. The molecular formula is C24H24N2O5. The Bertz CT molecular complexity index is 981. The molecule has 0 spiro atoms. The summed E-state index contributed by atoms with van der Waals surface area (Å²) in [5.74, 6) is 0.783. The van der Waals surface area contributed by atoms with Gasteiger partial charge in [0.05, 0.1) is 6.42 Å². The first-order valence-electron chi connectivity index (χ1n) is 9.94. The molecule has 0 fully saturated rings. The molecule has 0 heterocycles. The van der Waals surface area contributed by atoms with Crippen LogP contribution in [0.2, 0.25) is 0 Å². The lowest BCUT2D eigenvalue weighted by atomic mass is 9.98. The van der Waals surface area contributed by atoms with Gasteiger partial charge in [-0.15, -0.1) is 12.3 Å². The van der Waals surface area contributed by atoms with Gasteiger partial charge in [-0.05, 0) is 22.3 Å². The van der Waals surface area contributed by atoms with E-state index in [0.717, 1.165) is 22.3 Å². The Kier molecular flexibility index (Phi) is 6.93. The summed E-state index contributed by atoms with van der Waals surface area (Å²) in [6.45, 7) is 0.132. The number of ether oxygens (including phenoxy) is 1. The van der Waals surface area contributed by atoms with Crippen LogP contribution in [0.5, 0.6) is 0 Å². The smallest absolute Gasteiger partial charge is 0.407 e. The summed E-state index contributed by atoms with van der Waals surface area (Å²) in [5.41, 5.74) is 4.41. The minimum atomic E-state index is -1.02. The van der Waals surface area contributed by atoms with Gasteiger partial charge in [0.2, 0.25) is 5.91 Å². The highest BCUT2D eigenvalue weighted by Gasteiger charge is 2.30. The quantitative estimate of drug-likeness (QED) is 0.641. The predicted octanol–water partition coefficient (Wildman–Crippen LogP) is 2.85. The number of terminal acetylenes is 1. The summed E-state index contributed by atoms with van der Waals surface area (Å²) in [5, 5.41) is 11.3. The van der Waals surface area contributed by atoms with Crippen LogP contribution in [0.1, 0.15) is 29.9 Å². The average molecular weight is 420 g/mol. The summed E-state index contributed by atoms with van der Waals surface area (Å²) in [6, 6.07) is 15.0. The van der Waals surface area contributed by atoms with Crippen LogP contribution in [0, 0.1) is 12.3 Å². The number of amides is 2. The molecule has 1 unspecified atom stereocenters. The van der Waals surface area contributed by atoms with E-state index >= 15 is 0 Å². The highest BCUT2D eigenvalue weighted by atomic mass is 16.5. The molecule has 7 nitrogen and oxygen atoms in total. The molecule has 0 radical (unpaired) electrons. The molecule has 2 amide bonds. The van der Waals surface area contributed by atoms with Crippen LogP contribution in [-0.2, 0) is 14.3 Å². The third-order valence-electron chi connectivity index (χ3n) is 5.29. The number of hydrogen-bond donors (Lipinski definition) is 2. The first-order chi connectivity index (χ1) is 14.9. The molecule has 0 saturated carbocycles. The van der Waals surface area contributed by atoms with Gasteiger partial charge >= 0.3 is 12.1 Å². The molecule has 160 valence electrons. The molecule has 0 aromatic heterocycles. The zero-order chi connectivity index (χ0) is 22.4. The van der Waals surface area contributed by atoms with Crippen LogP contribution in [-0.4, -0.2) is 54.2 Å². The van der Waals surface area contributed by atoms with E-state index in [1.807, 2.05) is 48.5 Å². The molecule has 2 N–H and O–H groups in total. The van der Waals surface area contributed by atoms with Gasteiger partial charge < -0.3 is 20.1 Å². The molecule has 0 saturated heterocycles. The SMILES string of the molecule is C#CCC(NC(=O)OCC1c2ccccc2-c2ccccc21)C(=O)N(C)CCC(=O)O. The van der Waals surface area contributed by atoms with Crippen LogP contribution in [0.3, 0.4) is 0 Å². The molecule has 7 heteroatoms. The number of carboxylic acid groups (broad SMARTS) is 1. The number of nitrogens with zero attached hydrogens (tertiary/aromatic N) is 1. The monoisotopic (exact) mass is 420 g/mol.